The Morgan fingerprint density at radius 2 is 2.00 bits per heavy atom. The third-order valence-corrected chi connectivity index (χ3v) is 4.46. The van der Waals surface area contributed by atoms with Crippen LogP contribution in [0.3, 0.4) is 0 Å². The molecule has 0 radical (unpaired) electrons. The first-order chi connectivity index (χ1) is 12.1. The van der Waals surface area contributed by atoms with Gasteiger partial charge in [-0.15, -0.1) is 5.10 Å². The van der Waals surface area contributed by atoms with Crippen LogP contribution in [0.2, 0.25) is 0 Å². The van der Waals surface area contributed by atoms with E-state index in [1.54, 1.807) is 4.68 Å². The van der Waals surface area contributed by atoms with Gasteiger partial charge in [0.25, 0.3) is 0 Å². The van der Waals surface area contributed by atoms with Gasteiger partial charge in [-0.25, -0.2) is 4.68 Å². The Bertz CT molecular complexity index is 802. The molecule has 0 bridgehead atoms. The lowest BCUT2D eigenvalue weighted by Crippen LogP contribution is -2.39. The highest BCUT2D eigenvalue weighted by Gasteiger charge is 2.28. The van der Waals surface area contributed by atoms with Crippen LogP contribution >= 0.6 is 0 Å². The van der Waals surface area contributed by atoms with Gasteiger partial charge in [-0.05, 0) is 42.4 Å². The molecule has 0 spiro atoms. The highest BCUT2D eigenvalue weighted by molar-refractivity contribution is 5.42. The van der Waals surface area contributed by atoms with Crippen molar-refractivity contribution in [1.82, 2.24) is 15.0 Å². The predicted molar refractivity (Wildman–Crippen MR) is 93.9 cm³/mol. The third kappa shape index (κ3) is 4.28. The molecule has 5 heteroatoms. The van der Waals surface area contributed by atoms with Gasteiger partial charge < -0.3 is 9.47 Å². The fourth-order valence-corrected chi connectivity index (χ4v) is 2.85. The van der Waals surface area contributed by atoms with E-state index in [4.69, 9.17) is 9.47 Å². The van der Waals surface area contributed by atoms with Crippen LogP contribution in [-0.4, -0.2) is 34.5 Å². The molecule has 1 aromatic heterocycles. The van der Waals surface area contributed by atoms with Crippen molar-refractivity contribution in [3.8, 4) is 11.8 Å². The van der Waals surface area contributed by atoms with Gasteiger partial charge in [-0.3, -0.25) is 0 Å². The number of ether oxygens (including phenoxy) is 2. The van der Waals surface area contributed by atoms with Crippen LogP contribution < -0.4 is 0 Å². The van der Waals surface area contributed by atoms with E-state index >= 15 is 0 Å². The van der Waals surface area contributed by atoms with E-state index in [1.807, 2.05) is 12.3 Å². The van der Waals surface area contributed by atoms with Crippen LogP contribution in [0.4, 0.5) is 0 Å². The lowest BCUT2D eigenvalue weighted by molar-refractivity contribution is -0.227. The summed E-state index contributed by atoms with van der Waals surface area (Å²) in [5, 5.41) is 8.24. The maximum absolute atomic E-state index is 5.73. The normalized spacial score (nSPS) is 20.1. The van der Waals surface area contributed by atoms with Crippen LogP contribution in [-0.2, 0) is 16.0 Å². The summed E-state index contributed by atoms with van der Waals surface area (Å²) in [5.74, 6) is 7.01. The fourth-order valence-electron chi connectivity index (χ4n) is 2.85. The molecular formula is C20H23N3O2. The van der Waals surface area contributed by atoms with Gasteiger partial charge >= 0.3 is 0 Å². The van der Waals surface area contributed by atoms with Crippen molar-refractivity contribution in [3.05, 3.63) is 47.3 Å². The molecule has 1 aliphatic heterocycles. The largest absolute Gasteiger partial charge is 0.350 e. The molecule has 1 aromatic carbocycles. The molecule has 1 aliphatic carbocycles. The van der Waals surface area contributed by atoms with E-state index in [0.29, 0.717) is 25.5 Å². The predicted octanol–water partition coefficient (Wildman–Crippen LogP) is 2.95. The Balaban J connectivity index is 1.38. The Morgan fingerprint density at radius 1 is 1.20 bits per heavy atom. The van der Waals surface area contributed by atoms with Crippen LogP contribution in [0.15, 0.2) is 30.5 Å². The minimum Gasteiger partial charge on any atom is -0.350 e. The second kappa shape index (κ2) is 6.62. The molecule has 2 fully saturated rings. The molecule has 0 N–H and O–H groups in total. The van der Waals surface area contributed by atoms with Crippen LogP contribution in [0, 0.1) is 17.3 Å². The number of hydrogen-bond acceptors (Lipinski definition) is 4. The van der Waals surface area contributed by atoms with Crippen molar-refractivity contribution in [1.29, 1.82) is 0 Å². The summed E-state index contributed by atoms with van der Waals surface area (Å²) in [5.41, 5.74) is 3.16. The summed E-state index contributed by atoms with van der Waals surface area (Å²) in [7, 11) is 0. The van der Waals surface area contributed by atoms with Crippen molar-refractivity contribution < 1.29 is 9.47 Å². The summed E-state index contributed by atoms with van der Waals surface area (Å²) in [4.78, 5) is 0. The van der Waals surface area contributed by atoms with Crippen molar-refractivity contribution in [3.63, 3.8) is 0 Å². The number of nitrogens with zero attached hydrogens (tertiary/aromatic N) is 3. The van der Waals surface area contributed by atoms with E-state index < -0.39 is 0 Å². The molecule has 5 nitrogen and oxygen atoms in total. The highest BCUT2D eigenvalue weighted by Crippen LogP contribution is 2.40. The standard InChI is InChI=1S/C20H23N3O2/c1-20(2)13-24-19(25-14-20)12-23-11-18(21-22-23)9-6-15-4-3-5-17(10-15)16-7-8-16/h3-5,10-11,16,19H,7-8,12-14H2,1-2H3. The zero-order valence-corrected chi connectivity index (χ0v) is 14.7. The third-order valence-electron chi connectivity index (χ3n) is 4.46. The van der Waals surface area contributed by atoms with Gasteiger partial charge in [0.15, 0.2) is 12.0 Å². The Morgan fingerprint density at radius 3 is 2.76 bits per heavy atom. The van der Waals surface area contributed by atoms with Crippen molar-refractivity contribution in [2.75, 3.05) is 13.2 Å². The smallest absolute Gasteiger partial charge is 0.177 e. The van der Waals surface area contributed by atoms with E-state index in [2.05, 4.69) is 54.2 Å². The maximum atomic E-state index is 5.73. The van der Waals surface area contributed by atoms with Crippen molar-refractivity contribution in [2.24, 2.45) is 5.41 Å². The minimum atomic E-state index is -0.272. The monoisotopic (exact) mass is 337 g/mol. The van der Waals surface area contributed by atoms with Crippen molar-refractivity contribution >= 4 is 0 Å². The van der Waals surface area contributed by atoms with E-state index in [1.165, 1.54) is 18.4 Å². The van der Waals surface area contributed by atoms with Gasteiger partial charge in [0.2, 0.25) is 0 Å². The second-order valence-electron chi connectivity index (χ2n) is 7.69. The van der Waals surface area contributed by atoms with E-state index in [0.717, 1.165) is 11.5 Å². The first-order valence-corrected chi connectivity index (χ1v) is 8.83. The first kappa shape index (κ1) is 16.3. The minimum absolute atomic E-state index is 0.0739. The molecule has 4 rings (SSSR count). The van der Waals surface area contributed by atoms with E-state index in [-0.39, 0.29) is 11.7 Å². The van der Waals surface area contributed by atoms with E-state index in [9.17, 15) is 0 Å². The number of benzene rings is 1. The van der Waals surface area contributed by atoms with Gasteiger partial charge in [0.1, 0.15) is 0 Å². The quantitative estimate of drug-likeness (QED) is 0.808. The molecule has 0 unspecified atom stereocenters. The molecule has 1 saturated heterocycles. The summed E-state index contributed by atoms with van der Waals surface area (Å²) in [6.07, 6.45) is 4.16. The number of aromatic nitrogens is 3. The Hall–Kier alpha value is -2.16. The molecule has 1 saturated carbocycles. The molecular weight excluding hydrogens is 314 g/mol. The van der Waals surface area contributed by atoms with Gasteiger partial charge in [0, 0.05) is 11.0 Å². The van der Waals surface area contributed by atoms with Crippen LogP contribution in [0.5, 0.6) is 0 Å². The van der Waals surface area contributed by atoms with Crippen LogP contribution in [0.25, 0.3) is 0 Å². The SMILES string of the molecule is CC1(C)COC(Cn2cc(C#Cc3cccc(C4CC4)c3)nn2)OC1. The number of hydrogen-bond donors (Lipinski definition) is 0. The van der Waals surface area contributed by atoms with Crippen LogP contribution in [0.1, 0.15) is 49.4 Å². The molecule has 130 valence electrons. The average molecular weight is 337 g/mol. The average Bonchev–Trinajstić information content (AvgIpc) is 3.36. The topological polar surface area (TPSA) is 49.2 Å². The zero-order chi connectivity index (χ0) is 17.3. The second-order valence-corrected chi connectivity index (χ2v) is 7.69. The summed E-state index contributed by atoms with van der Waals surface area (Å²) in [6.45, 7) is 6.17. The number of rotatable bonds is 3. The first-order valence-electron chi connectivity index (χ1n) is 8.83. The Labute approximate surface area is 148 Å². The fraction of sp³-hybridized carbons (Fsp3) is 0.500. The lowest BCUT2D eigenvalue weighted by Gasteiger charge is -2.34. The van der Waals surface area contributed by atoms with Crippen molar-refractivity contribution in [2.45, 2.75) is 45.4 Å². The molecule has 25 heavy (non-hydrogen) atoms. The molecule has 0 atom stereocenters. The zero-order valence-electron chi connectivity index (χ0n) is 14.7. The molecule has 2 aliphatic rings. The molecule has 0 amide bonds. The Kier molecular flexibility index (Phi) is 4.32. The summed E-state index contributed by atoms with van der Waals surface area (Å²) < 4.78 is 13.2. The van der Waals surface area contributed by atoms with Gasteiger partial charge in [0.05, 0.1) is 26.0 Å². The van der Waals surface area contributed by atoms with Gasteiger partial charge in [-0.1, -0.05) is 37.1 Å². The highest BCUT2D eigenvalue weighted by atomic mass is 16.7. The summed E-state index contributed by atoms with van der Waals surface area (Å²) >= 11 is 0. The lowest BCUT2D eigenvalue weighted by atomic mass is 9.96. The maximum Gasteiger partial charge on any atom is 0.177 e. The molecule has 2 heterocycles. The molecule has 2 aromatic rings. The summed E-state index contributed by atoms with van der Waals surface area (Å²) in [6, 6.07) is 8.48. The van der Waals surface area contributed by atoms with Gasteiger partial charge in [-0.2, -0.15) is 0 Å².